The minimum Gasteiger partial charge on any atom is -0.341 e. The Morgan fingerprint density at radius 3 is 2.32 bits per heavy atom. The highest BCUT2D eigenvalue weighted by Crippen LogP contribution is 2.38. The van der Waals surface area contributed by atoms with Crippen molar-refractivity contribution in [2.75, 3.05) is 32.8 Å². The zero-order chi connectivity index (χ0) is 26.9. The lowest BCUT2D eigenvalue weighted by molar-refractivity contribution is 0.0888. The lowest BCUT2D eigenvalue weighted by Gasteiger charge is -2.42. The van der Waals surface area contributed by atoms with Crippen LogP contribution >= 0.6 is 0 Å². The molecular weight excluding hydrogens is 503 g/mol. The fourth-order valence-electron chi connectivity index (χ4n) is 7.33. The van der Waals surface area contributed by atoms with E-state index in [0.717, 1.165) is 79.6 Å². The number of aromatic nitrogens is 1. The van der Waals surface area contributed by atoms with E-state index in [1.807, 2.05) is 6.07 Å². The second-order valence-corrected chi connectivity index (χ2v) is 13.3. The number of likely N-dealkylation sites (tertiary alicyclic amines) is 2. The maximum Gasteiger partial charge on any atom is 0.333 e. The van der Waals surface area contributed by atoms with Crippen molar-refractivity contribution < 1.29 is 17.0 Å². The summed E-state index contributed by atoms with van der Waals surface area (Å²) in [4.78, 5) is 5.12. The number of halogens is 1. The van der Waals surface area contributed by atoms with Crippen molar-refractivity contribution in [3.63, 3.8) is 0 Å². The number of nitrogens with two attached hydrogens (primary N) is 1. The molecule has 0 amide bonds. The summed E-state index contributed by atoms with van der Waals surface area (Å²) in [7, 11) is -4.02. The van der Waals surface area contributed by atoms with Gasteiger partial charge in [0.1, 0.15) is 5.82 Å². The van der Waals surface area contributed by atoms with Gasteiger partial charge in [-0.2, -0.15) is 8.42 Å². The molecular formula is C29H45FN4O3S. The molecule has 212 valence electrons. The summed E-state index contributed by atoms with van der Waals surface area (Å²) in [6, 6.07) is 6.09. The van der Waals surface area contributed by atoms with Crippen LogP contribution in [0.5, 0.6) is 0 Å². The number of fused-ring (bicyclic) bond motifs is 1. The van der Waals surface area contributed by atoms with Crippen molar-refractivity contribution in [1.82, 2.24) is 14.4 Å². The molecule has 7 nitrogen and oxygen atoms in total. The van der Waals surface area contributed by atoms with Crippen LogP contribution in [0.15, 0.2) is 18.2 Å². The summed E-state index contributed by atoms with van der Waals surface area (Å²) in [5, 5.41) is 6.08. The number of hydrogen-bond donors (Lipinski definition) is 1. The third kappa shape index (κ3) is 6.44. The predicted molar refractivity (Wildman–Crippen MR) is 150 cm³/mol. The normalized spacial score (nSPS) is 24.7. The Labute approximate surface area is 227 Å². The quantitative estimate of drug-likeness (QED) is 0.478. The van der Waals surface area contributed by atoms with Crippen molar-refractivity contribution in [2.45, 2.75) is 90.3 Å². The monoisotopic (exact) mass is 548 g/mol. The predicted octanol–water partition coefficient (Wildman–Crippen LogP) is 4.99. The van der Waals surface area contributed by atoms with E-state index < -0.39 is 10.3 Å². The molecule has 1 aliphatic carbocycles. The van der Waals surface area contributed by atoms with Gasteiger partial charge in [0.2, 0.25) is 0 Å². The van der Waals surface area contributed by atoms with Crippen LogP contribution in [0.3, 0.4) is 0 Å². The molecule has 2 N–H and O–H groups in total. The van der Waals surface area contributed by atoms with Gasteiger partial charge < -0.3 is 9.47 Å². The molecule has 2 aromatic rings. The van der Waals surface area contributed by atoms with Crippen LogP contribution in [-0.2, 0) is 27.5 Å². The first-order valence-electron chi connectivity index (χ1n) is 14.6. The molecule has 5 rings (SSSR count). The van der Waals surface area contributed by atoms with Gasteiger partial charge >= 0.3 is 10.3 Å². The Morgan fingerprint density at radius 2 is 1.68 bits per heavy atom. The molecule has 0 spiro atoms. The second-order valence-electron chi connectivity index (χ2n) is 12.1. The number of piperidine rings is 1. The van der Waals surface area contributed by atoms with Gasteiger partial charge in [0.05, 0.1) is 6.61 Å². The van der Waals surface area contributed by atoms with Crippen LogP contribution in [0, 0.1) is 17.7 Å². The largest absolute Gasteiger partial charge is 0.341 e. The molecule has 2 saturated heterocycles. The van der Waals surface area contributed by atoms with Gasteiger partial charge in [0.25, 0.3) is 0 Å². The first kappa shape index (κ1) is 28.0. The number of hydrogen-bond acceptors (Lipinski definition) is 5. The lowest BCUT2D eigenvalue weighted by atomic mass is 9.79. The Kier molecular flexibility index (Phi) is 8.79. The van der Waals surface area contributed by atoms with E-state index in [1.54, 1.807) is 12.1 Å². The van der Waals surface area contributed by atoms with Gasteiger partial charge in [-0.05, 0) is 100 Å². The minimum atomic E-state index is -4.02. The van der Waals surface area contributed by atoms with Gasteiger partial charge in [0.15, 0.2) is 0 Å². The van der Waals surface area contributed by atoms with Crippen LogP contribution in [0.4, 0.5) is 4.39 Å². The lowest BCUT2D eigenvalue weighted by Crippen LogP contribution is -2.44. The molecule has 3 aliphatic rings. The summed E-state index contributed by atoms with van der Waals surface area (Å²) in [6.07, 6.45) is 10.1. The Bertz CT molecular complexity index is 1190. The van der Waals surface area contributed by atoms with E-state index in [-0.39, 0.29) is 12.4 Å². The summed E-state index contributed by atoms with van der Waals surface area (Å²) < 4.78 is 44.9. The van der Waals surface area contributed by atoms with Crippen molar-refractivity contribution in [3.05, 3.63) is 35.3 Å². The molecule has 0 radical (unpaired) electrons. The Hall–Kier alpha value is -1.52. The molecule has 9 heteroatoms. The van der Waals surface area contributed by atoms with Crippen molar-refractivity contribution in [1.29, 1.82) is 0 Å². The first-order chi connectivity index (χ1) is 18.2. The summed E-state index contributed by atoms with van der Waals surface area (Å²) in [5.74, 6) is 1.41. The van der Waals surface area contributed by atoms with Gasteiger partial charge in [0, 0.05) is 54.7 Å². The van der Waals surface area contributed by atoms with Gasteiger partial charge in [-0.3, -0.25) is 9.08 Å². The average Bonchev–Trinajstić information content (AvgIpc) is 3.50. The van der Waals surface area contributed by atoms with E-state index in [1.165, 1.54) is 38.5 Å². The second kappa shape index (κ2) is 11.9. The van der Waals surface area contributed by atoms with E-state index in [9.17, 15) is 12.8 Å². The molecule has 0 bridgehead atoms. The van der Waals surface area contributed by atoms with Crippen LogP contribution < -0.4 is 5.14 Å². The average molecular weight is 549 g/mol. The topological polar surface area (TPSA) is 80.8 Å². The van der Waals surface area contributed by atoms with E-state index in [0.29, 0.717) is 18.5 Å². The van der Waals surface area contributed by atoms with Crippen molar-refractivity contribution in [3.8, 4) is 0 Å². The smallest absolute Gasteiger partial charge is 0.333 e. The third-order valence-electron chi connectivity index (χ3n) is 9.41. The number of rotatable bonds is 9. The summed E-state index contributed by atoms with van der Waals surface area (Å²) in [5.41, 5.74) is 3.22. The maximum absolute atomic E-state index is 14.5. The molecule has 3 heterocycles. The van der Waals surface area contributed by atoms with Crippen LogP contribution in [-0.4, -0.2) is 61.6 Å². The zero-order valence-electron chi connectivity index (χ0n) is 23.1. The molecule has 38 heavy (non-hydrogen) atoms. The van der Waals surface area contributed by atoms with Crippen LogP contribution in [0.1, 0.15) is 82.5 Å². The highest BCUT2D eigenvalue weighted by atomic mass is 32.2. The maximum atomic E-state index is 14.5. The summed E-state index contributed by atoms with van der Waals surface area (Å²) >= 11 is 0. The van der Waals surface area contributed by atoms with E-state index in [4.69, 9.17) is 9.32 Å². The zero-order valence-corrected chi connectivity index (χ0v) is 23.9. The molecule has 1 aromatic heterocycles. The van der Waals surface area contributed by atoms with E-state index in [2.05, 4.69) is 28.2 Å². The Morgan fingerprint density at radius 1 is 1.00 bits per heavy atom. The molecule has 0 atom stereocenters. The van der Waals surface area contributed by atoms with Crippen LogP contribution in [0.2, 0.25) is 0 Å². The molecule has 1 saturated carbocycles. The molecule has 3 fully saturated rings. The molecule has 1 aromatic carbocycles. The van der Waals surface area contributed by atoms with Crippen LogP contribution in [0.25, 0.3) is 10.9 Å². The summed E-state index contributed by atoms with van der Waals surface area (Å²) in [6.45, 7) is 9.65. The van der Waals surface area contributed by atoms with Crippen molar-refractivity contribution >= 4 is 21.2 Å². The molecule has 2 aliphatic heterocycles. The van der Waals surface area contributed by atoms with Gasteiger partial charge in [-0.15, -0.1) is 0 Å². The number of nitrogens with zero attached hydrogens (tertiary/aromatic N) is 3. The fraction of sp³-hybridized carbons (Fsp3) is 0.724. The first-order valence-corrected chi connectivity index (χ1v) is 16.1. The Balaban J connectivity index is 1.40. The fourth-order valence-corrected chi connectivity index (χ4v) is 7.65. The van der Waals surface area contributed by atoms with Gasteiger partial charge in [-0.25, -0.2) is 9.53 Å². The standard InChI is InChI=1S/C29H45FN4O3S/c1-21(2)22-5-8-24(9-6-22)33-16-11-25(12-17-33)34-28-10-7-23(30)19-26(28)27(20-32-14-3-4-15-32)29(34)13-18-37-38(31,35)36/h7,10,19,21-22,24-25H,3-6,8-9,11-18,20H2,1-2H3,(H2,31,35,36). The highest BCUT2D eigenvalue weighted by molar-refractivity contribution is 7.84. The van der Waals surface area contributed by atoms with Gasteiger partial charge in [-0.1, -0.05) is 13.8 Å². The number of benzene rings is 1. The molecule has 0 unspecified atom stereocenters. The SMILES string of the molecule is CC(C)C1CCC(N2CCC(n3c(CCOS(N)(=O)=O)c(CN4CCCC4)c4cc(F)ccc43)CC2)CC1. The van der Waals surface area contributed by atoms with E-state index >= 15 is 0 Å². The highest BCUT2D eigenvalue weighted by Gasteiger charge is 2.32. The third-order valence-corrected chi connectivity index (χ3v) is 9.91. The minimum absolute atomic E-state index is 0.0113. The van der Waals surface area contributed by atoms with Crippen molar-refractivity contribution in [2.24, 2.45) is 17.0 Å².